The van der Waals surface area contributed by atoms with E-state index in [1.807, 2.05) is 29.7 Å². The molecule has 2 aromatic rings. The fourth-order valence-corrected chi connectivity index (χ4v) is 1.57. The topological polar surface area (TPSA) is 30.2 Å². The molecule has 0 spiro atoms. The molecule has 0 amide bonds. The molecule has 0 aliphatic heterocycles. The maximum atomic E-state index is 4.02. The Labute approximate surface area is 77.6 Å². The van der Waals surface area contributed by atoms with Gasteiger partial charge in [0.2, 0.25) is 0 Å². The molecule has 0 unspecified atom stereocenters. The van der Waals surface area contributed by atoms with Crippen molar-refractivity contribution in [2.24, 2.45) is 0 Å². The zero-order chi connectivity index (χ0) is 7.84. The average molecular weight is 259 g/mol. The Morgan fingerprint density at radius 2 is 2.27 bits per heavy atom. The van der Waals surface area contributed by atoms with Crippen LogP contribution in [0.25, 0.3) is 5.65 Å². The summed E-state index contributed by atoms with van der Waals surface area (Å²) in [5.41, 5.74) is 0.936. The van der Waals surface area contributed by atoms with Crippen molar-refractivity contribution < 1.29 is 0 Å². The predicted molar refractivity (Wildman–Crippen MR) is 50.4 cm³/mol. The second kappa shape index (κ2) is 2.44. The molecule has 2 heterocycles. The Hall–Kier alpha value is -0.650. The lowest BCUT2D eigenvalue weighted by Gasteiger charge is -1.93. The van der Waals surface area contributed by atoms with Crippen LogP contribution in [0.5, 0.6) is 0 Å². The predicted octanol–water partition coefficient (Wildman–Crippen LogP) is 1.64. The maximum Gasteiger partial charge on any atom is 0.174 e. The van der Waals surface area contributed by atoms with Crippen LogP contribution in [-0.4, -0.2) is 14.6 Å². The molecule has 0 N–H and O–H groups in total. The number of halogens is 1. The van der Waals surface area contributed by atoms with Crippen LogP contribution < -0.4 is 0 Å². The van der Waals surface area contributed by atoms with E-state index in [1.54, 1.807) is 0 Å². The Morgan fingerprint density at radius 3 is 3.00 bits per heavy atom. The Kier molecular flexibility index (Phi) is 1.56. The molecule has 2 aromatic heterocycles. The van der Waals surface area contributed by atoms with Crippen LogP contribution in [0.3, 0.4) is 0 Å². The molecule has 0 aliphatic rings. The van der Waals surface area contributed by atoms with Crippen LogP contribution in [-0.2, 0) is 0 Å². The van der Waals surface area contributed by atoms with E-state index in [0.29, 0.717) is 0 Å². The molecule has 0 saturated heterocycles. The standard InChI is InChI=1S/C7H6IN3/c1-5-9-10-7-6(8)3-2-4-11(5)7/h2-4H,1H3. The van der Waals surface area contributed by atoms with Gasteiger partial charge in [-0.3, -0.25) is 4.40 Å². The van der Waals surface area contributed by atoms with E-state index in [2.05, 4.69) is 32.8 Å². The van der Waals surface area contributed by atoms with Crippen LogP contribution in [0.1, 0.15) is 5.82 Å². The minimum Gasteiger partial charge on any atom is -0.286 e. The van der Waals surface area contributed by atoms with Gasteiger partial charge in [0.15, 0.2) is 5.65 Å². The summed E-state index contributed by atoms with van der Waals surface area (Å²) >= 11 is 2.25. The number of aryl methyl sites for hydroxylation is 1. The van der Waals surface area contributed by atoms with E-state index in [0.717, 1.165) is 15.0 Å². The molecule has 0 aliphatic carbocycles. The Morgan fingerprint density at radius 1 is 1.45 bits per heavy atom. The van der Waals surface area contributed by atoms with Gasteiger partial charge in [0.25, 0.3) is 0 Å². The zero-order valence-electron chi connectivity index (χ0n) is 5.95. The molecule has 56 valence electrons. The third kappa shape index (κ3) is 1.01. The van der Waals surface area contributed by atoms with Crippen LogP contribution in [0.4, 0.5) is 0 Å². The van der Waals surface area contributed by atoms with Gasteiger partial charge < -0.3 is 0 Å². The van der Waals surface area contributed by atoms with E-state index in [9.17, 15) is 0 Å². The van der Waals surface area contributed by atoms with E-state index < -0.39 is 0 Å². The molecule has 0 fully saturated rings. The van der Waals surface area contributed by atoms with Crippen molar-refractivity contribution in [3.63, 3.8) is 0 Å². The quantitative estimate of drug-likeness (QED) is 0.673. The molecule has 2 rings (SSSR count). The van der Waals surface area contributed by atoms with E-state index in [-0.39, 0.29) is 0 Å². The Balaban J connectivity index is 2.94. The molecule has 0 radical (unpaired) electrons. The van der Waals surface area contributed by atoms with Crippen LogP contribution in [0, 0.1) is 10.5 Å². The van der Waals surface area contributed by atoms with E-state index in [1.165, 1.54) is 0 Å². The number of rotatable bonds is 0. The molecular formula is C7H6IN3. The third-order valence-electron chi connectivity index (χ3n) is 1.56. The summed E-state index contributed by atoms with van der Waals surface area (Å²) in [6.45, 7) is 1.94. The van der Waals surface area contributed by atoms with Crippen molar-refractivity contribution >= 4 is 28.2 Å². The third-order valence-corrected chi connectivity index (χ3v) is 2.40. The summed E-state index contributed by atoms with van der Waals surface area (Å²) in [6.07, 6.45) is 1.97. The summed E-state index contributed by atoms with van der Waals surface area (Å²) < 4.78 is 3.10. The lowest BCUT2D eigenvalue weighted by molar-refractivity contribution is 1.01. The van der Waals surface area contributed by atoms with Crippen molar-refractivity contribution in [1.29, 1.82) is 0 Å². The molecule has 0 atom stereocenters. The molecule has 0 bridgehead atoms. The highest BCUT2D eigenvalue weighted by Crippen LogP contribution is 2.11. The van der Waals surface area contributed by atoms with Gasteiger partial charge in [-0.05, 0) is 41.6 Å². The SMILES string of the molecule is Cc1nnc2c(I)cccn12. The van der Waals surface area contributed by atoms with E-state index >= 15 is 0 Å². The fraction of sp³-hybridized carbons (Fsp3) is 0.143. The number of nitrogens with zero attached hydrogens (tertiary/aromatic N) is 3. The van der Waals surface area contributed by atoms with Gasteiger partial charge in [0.1, 0.15) is 5.82 Å². The van der Waals surface area contributed by atoms with Gasteiger partial charge >= 0.3 is 0 Å². The average Bonchev–Trinajstić information content (AvgIpc) is 2.35. The first-order chi connectivity index (χ1) is 5.29. The van der Waals surface area contributed by atoms with Gasteiger partial charge in [-0.15, -0.1) is 10.2 Å². The Bertz CT molecular complexity index is 393. The first-order valence-corrected chi connectivity index (χ1v) is 4.33. The van der Waals surface area contributed by atoms with Gasteiger partial charge in [-0.1, -0.05) is 0 Å². The molecule has 0 saturated carbocycles. The number of fused-ring (bicyclic) bond motifs is 1. The number of hydrogen-bond acceptors (Lipinski definition) is 2. The van der Waals surface area contributed by atoms with Crippen LogP contribution in [0.2, 0.25) is 0 Å². The first-order valence-electron chi connectivity index (χ1n) is 3.25. The van der Waals surface area contributed by atoms with Crippen molar-refractivity contribution in [1.82, 2.24) is 14.6 Å². The first kappa shape index (κ1) is 7.02. The van der Waals surface area contributed by atoms with Gasteiger partial charge in [0, 0.05) is 6.20 Å². The van der Waals surface area contributed by atoms with Crippen LogP contribution >= 0.6 is 22.6 Å². The maximum absolute atomic E-state index is 4.02. The number of aromatic nitrogens is 3. The van der Waals surface area contributed by atoms with Crippen LogP contribution in [0.15, 0.2) is 18.3 Å². The van der Waals surface area contributed by atoms with Gasteiger partial charge in [-0.25, -0.2) is 0 Å². The summed E-state index contributed by atoms with van der Waals surface area (Å²) in [7, 11) is 0. The molecule has 3 nitrogen and oxygen atoms in total. The van der Waals surface area contributed by atoms with Crippen molar-refractivity contribution in [2.75, 3.05) is 0 Å². The second-order valence-electron chi connectivity index (χ2n) is 2.30. The van der Waals surface area contributed by atoms with E-state index in [4.69, 9.17) is 0 Å². The largest absolute Gasteiger partial charge is 0.286 e. The molecule has 4 heteroatoms. The summed E-state index contributed by atoms with van der Waals surface area (Å²) in [5, 5.41) is 7.99. The lowest BCUT2D eigenvalue weighted by Crippen LogP contribution is -1.87. The molecule has 11 heavy (non-hydrogen) atoms. The highest BCUT2D eigenvalue weighted by Gasteiger charge is 2.01. The monoisotopic (exact) mass is 259 g/mol. The number of hydrogen-bond donors (Lipinski definition) is 0. The molecule has 0 aromatic carbocycles. The second-order valence-corrected chi connectivity index (χ2v) is 3.46. The summed E-state index contributed by atoms with van der Waals surface area (Å²) in [5.74, 6) is 0.929. The zero-order valence-corrected chi connectivity index (χ0v) is 8.11. The van der Waals surface area contributed by atoms with Crippen molar-refractivity contribution in [2.45, 2.75) is 6.92 Å². The van der Waals surface area contributed by atoms with Crippen molar-refractivity contribution in [3.05, 3.63) is 27.7 Å². The van der Waals surface area contributed by atoms with Gasteiger partial charge in [-0.2, -0.15) is 0 Å². The highest BCUT2D eigenvalue weighted by molar-refractivity contribution is 14.1. The normalized spacial score (nSPS) is 10.7. The summed E-state index contributed by atoms with van der Waals surface area (Å²) in [6, 6.07) is 4.01. The molecular weight excluding hydrogens is 253 g/mol. The minimum atomic E-state index is 0.929. The number of pyridine rings is 1. The fourth-order valence-electron chi connectivity index (χ4n) is 0.999. The van der Waals surface area contributed by atoms with Gasteiger partial charge in [0.05, 0.1) is 3.57 Å². The lowest BCUT2D eigenvalue weighted by atomic mass is 10.5. The smallest absolute Gasteiger partial charge is 0.174 e. The van der Waals surface area contributed by atoms with Crippen molar-refractivity contribution in [3.8, 4) is 0 Å². The summed E-state index contributed by atoms with van der Waals surface area (Å²) in [4.78, 5) is 0. The minimum absolute atomic E-state index is 0.929. The highest BCUT2D eigenvalue weighted by atomic mass is 127.